The molecule has 8 aromatic rings. The van der Waals surface area contributed by atoms with E-state index >= 15 is 0 Å². The molecule has 0 aliphatic carbocycles. The van der Waals surface area contributed by atoms with Crippen molar-refractivity contribution in [3.63, 3.8) is 0 Å². The molecule has 0 aliphatic heterocycles. The van der Waals surface area contributed by atoms with Crippen LogP contribution in [0.15, 0.2) is 58.1 Å². The molecule has 0 radical (unpaired) electrons. The Bertz CT molecular complexity index is 2710. The summed E-state index contributed by atoms with van der Waals surface area (Å²) < 4.78 is 30.0. The summed E-state index contributed by atoms with van der Waals surface area (Å²) in [6.45, 7) is 15.3. The maximum Gasteiger partial charge on any atom is 0.354 e. The normalized spacial score (nSPS) is 11.3. The highest BCUT2D eigenvalue weighted by Crippen LogP contribution is 2.38. The molecule has 0 spiro atoms. The zero-order chi connectivity index (χ0) is 40.5. The minimum atomic E-state index is -0.583. The van der Waals surface area contributed by atoms with Crippen LogP contribution in [0.5, 0.6) is 11.8 Å². The number of carbonyl (C=O) groups is 2. The fourth-order valence-electron chi connectivity index (χ4n) is 6.17. The number of aryl methyl sites for hydroxylation is 4. The summed E-state index contributed by atoms with van der Waals surface area (Å²) in [5.74, 6) is 0.401. The van der Waals surface area contributed by atoms with Crippen molar-refractivity contribution in [1.82, 2.24) is 39.5 Å². The van der Waals surface area contributed by atoms with Crippen LogP contribution < -0.4 is 4.74 Å². The summed E-state index contributed by atoms with van der Waals surface area (Å²) in [5, 5.41) is 28.1. The first-order chi connectivity index (χ1) is 27.4. The average molecular weight is 811 g/mol. The van der Waals surface area contributed by atoms with Crippen molar-refractivity contribution in [1.29, 1.82) is 0 Å². The Labute approximate surface area is 333 Å². The van der Waals surface area contributed by atoms with Crippen LogP contribution >= 0.6 is 22.7 Å². The Balaban J connectivity index is 0.000000175. The molecule has 0 aromatic carbocycles. The summed E-state index contributed by atoms with van der Waals surface area (Å²) in [5.41, 5.74) is 8.57. The zero-order valence-electron chi connectivity index (χ0n) is 32.3. The molecule has 8 heterocycles. The fourth-order valence-corrected chi connectivity index (χ4v) is 7.91. The van der Waals surface area contributed by atoms with E-state index < -0.39 is 11.9 Å². The number of carbonyl (C=O) groups excluding carboxylic acids is 2. The van der Waals surface area contributed by atoms with E-state index in [0.717, 1.165) is 72.9 Å². The first kappa shape index (κ1) is 38.9. The van der Waals surface area contributed by atoms with Crippen LogP contribution in [0.1, 0.15) is 69.9 Å². The Morgan fingerprint density at radius 3 is 1.68 bits per heavy atom. The first-order valence-electron chi connectivity index (χ1n) is 17.9. The van der Waals surface area contributed by atoms with Gasteiger partial charge in [-0.05, 0) is 79.7 Å². The third kappa shape index (κ3) is 7.60. The Hall–Kier alpha value is -6.40. The Morgan fingerprint density at radius 2 is 1.23 bits per heavy atom. The van der Waals surface area contributed by atoms with Crippen molar-refractivity contribution in [3.05, 3.63) is 81.7 Å². The molecular formula is C39H38N8O8S2. The highest BCUT2D eigenvalue weighted by Gasteiger charge is 2.24. The van der Waals surface area contributed by atoms with Gasteiger partial charge >= 0.3 is 11.9 Å². The van der Waals surface area contributed by atoms with Crippen LogP contribution in [0, 0.1) is 27.7 Å². The SMILES string of the molecule is CCOC(=O)c1sc(-c2ccn3ncc(-c4c(C)noc4C)c3c2)nc1O.CCOC(=O)c1sc(-c2ccn3ncc(-c4c(C)noc4C)c3c2)nc1OC(C)C. The van der Waals surface area contributed by atoms with Gasteiger partial charge in [0.1, 0.15) is 21.5 Å². The van der Waals surface area contributed by atoms with Gasteiger partial charge < -0.3 is 28.4 Å². The summed E-state index contributed by atoms with van der Waals surface area (Å²) in [4.78, 5) is 33.4. The molecule has 1 N–H and O–H groups in total. The number of esters is 2. The van der Waals surface area contributed by atoms with E-state index in [9.17, 15) is 14.7 Å². The quantitative estimate of drug-likeness (QED) is 0.130. The molecule has 0 amide bonds. The number of ether oxygens (including phenoxy) is 3. The topological polar surface area (TPSA) is 194 Å². The summed E-state index contributed by atoms with van der Waals surface area (Å²) >= 11 is 2.34. The van der Waals surface area contributed by atoms with Gasteiger partial charge in [0.25, 0.3) is 0 Å². The minimum Gasteiger partial charge on any atom is -0.492 e. The van der Waals surface area contributed by atoms with E-state index in [-0.39, 0.29) is 30.1 Å². The predicted octanol–water partition coefficient (Wildman–Crippen LogP) is 8.31. The third-order valence-corrected chi connectivity index (χ3v) is 10.8. The molecule has 0 saturated carbocycles. The van der Waals surface area contributed by atoms with Gasteiger partial charge in [-0.25, -0.2) is 28.6 Å². The molecular weight excluding hydrogens is 773 g/mol. The number of thiazole rings is 2. The number of hydrogen-bond donors (Lipinski definition) is 1. The summed E-state index contributed by atoms with van der Waals surface area (Å²) in [7, 11) is 0. The van der Waals surface area contributed by atoms with Crippen molar-refractivity contribution >= 4 is 45.6 Å². The lowest BCUT2D eigenvalue weighted by Crippen LogP contribution is -2.10. The van der Waals surface area contributed by atoms with Gasteiger partial charge in [0.05, 0.1) is 65.3 Å². The monoisotopic (exact) mass is 810 g/mol. The van der Waals surface area contributed by atoms with Crippen molar-refractivity contribution in [2.75, 3.05) is 13.2 Å². The van der Waals surface area contributed by atoms with E-state index in [2.05, 4.69) is 30.5 Å². The Morgan fingerprint density at radius 1 is 0.754 bits per heavy atom. The third-order valence-electron chi connectivity index (χ3n) is 8.62. The van der Waals surface area contributed by atoms with Gasteiger partial charge in [-0.3, -0.25) is 0 Å². The smallest absolute Gasteiger partial charge is 0.354 e. The highest BCUT2D eigenvalue weighted by molar-refractivity contribution is 7.17. The van der Waals surface area contributed by atoms with Gasteiger partial charge in [-0.1, -0.05) is 10.3 Å². The average Bonchev–Trinajstić information content (AvgIpc) is 4.04. The number of aromatic hydroxyl groups is 1. The number of rotatable bonds is 10. The lowest BCUT2D eigenvalue weighted by atomic mass is 10.1. The molecule has 0 aliphatic rings. The van der Waals surface area contributed by atoms with Crippen LogP contribution in [0.2, 0.25) is 0 Å². The lowest BCUT2D eigenvalue weighted by Gasteiger charge is -2.07. The van der Waals surface area contributed by atoms with Gasteiger partial charge in [0.15, 0.2) is 9.75 Å². The van der Waals surface area contributed by atoms with Crippen LogP contribution in [0.4, 0.5) is 0 Å². The maximum absolute atomic E-state index is 12.4. The molecule has 0 saturated heterocycles. The largest absolute Gasteiger partial charge is 0.492 e. The Kier molecular flexibility index (Phi) is 10.9. The van der Waals surface area contributed by atoms with Crippen molar-refractivity contribution in [3.8, 4) is 55.2 Å². The summed E-state index contributed by atoms with van der Waals surface area (Å²) in [6.07, 6.45) is 7.10. The molecule has 0 atom stereocenters. The van der Waals surface area contributed by atoms with Crippen LogP contribution in [0.25, 0.3) is 54.4 Å². The number of fused-ring (bicyclic) bond motifs is 2. The van der Waals surface area contributed by atoms with Crippen molar-refractivity contribution in [2.45, 2.75) is 61.5 Å². The van der Waals surface area contributed by atoms with Crippen LogP contribution in [0.3, 0.4) is 0 Å². The van der Waals surface area contributed by atoms with E-state index in [1.54, 1.807) is 41.5 Å². The molecule has 57 heavy (non-hydrogen) atoms. The summed E-state index contributed by atoms with van der Waals surface area (Å²) in [6, 6.07) is 7.62. The zero-order valence-corrected chi connectivity index (χ0v) is 33.9. The van der Waals surface area contributed by atoms with Crippen LogP contribution in [-0.4, -0.2) is 75.9 Å². The second kappa shape index (κ2) is 16.0. The molecule has 18 heteroatoms. The van der Waals surface area contributed by atoms with Gasteiger partial charge in [0.2, 0.25) is 11.8 Å². The van der Waals surface area contributed by atoms with E-state index in [1.807, 2.05) is 72.0 Å². The molecule has 0 fully saturated rings. The van der Waals surface area contributed by atoms with E-state index in [1.165, 1.54) is 11.3 Å². The van der Waals surface area contributed by atoms with Crippen molar-refractivity contribution < 1.29 is 38.0 Å². The van der Waals surface area contributed by atoms with Gasteiger partial charge in [-0.2, -0.15) is 10.2 Å². The second-order valence-electron chi connectivity index (χ2n) is 12.9. The molecule has 294 valence electrons. The van der Waals surface area contributed by atoms with Gasteiger partial charge in [0, 0.05) is 34.6 Å². The highest BCUT2D eigenvalue weighted by atomic mass is 32.1. The van der Waals surface area contributed by atoms with E-state index in [4.69, 9.17) is 23.3 Å². The predicted molar refractivity (Wildman–Crippen MR) is 212 cm³/mol. The lowest BCUT2D eigenvalue weighted by molar-refractivity contribution is 0.0516. The van der Waals surface area contributed by atoms with E-state index in [0.29, 0.717) is 26.5 Å². The molecule has 16 nitrogen and oxygen atoms in total. The number of aromatic nitrogens is 8. The second-order valence-corrected chi connectivity index (χ2v) is 14.9. The molecule has 8 aromatic heterocycles. The number of pyridine rings is 2. The van der Waals surface area contributed by atoms with Gasteiger partial charge in [-0.15, -0.1) is 22.7 Å². The number of hydrogen-bond acceptors (Lipinski definition) is 16. The van der Waals surface area contributed by atoms with Crippen molar-refractivity contribution in [2.24, 2.45) is 0 Å². The molecule has 8 rings (SSSR count). The first-order valence-corrected chi connectivity index (χ1v) is 19.5. The fraction of sp³-hybridized carbons (Fsp3) is 0.282. The molecule has 0 bridgehead atoms. The maximum atomic E-state index is 12.4. The number of nitrogens with zero attached hydrogens (tertiary/aromatic N) is 8. The standard InChI is InChI=1S/C21H22N4O4S.C18H16N4O4S/c1-6-27-21(26)18-19(28-11(2)3)23-20(30-18)14-7-8-25-16(9-14)15(10-22-25)17-12(4)24-29-13(17)5;1-4-25-18(24)15-16(23)20-17(27-15)11-5-6-22-13(7-11)12(8-19-22)14-9(2)21-26-10(14)3/h7-11H,6H2,1-5H3;5-8,23H,4H2,1-3H3. The molecule has 0 unspecified atom stereocenters. The minimum absolute atomic E-state index is 0.0891. The van der Waals surface area contributed by atoms with Crippen LogP contribution in [-0.2, 0) is 9.47 Å².